The molecule has 38 heavy (non-hydrogen) atoms. The van der Waals surface area contributed by atoms with E-state index in [0.29, 0.717) is 31.5 Å². The van der Waals surface area contributed by atoms with E-state index in [4.69, 9.17) is 0 Å². The van der Waals surface area contributed by atoms with Crippen LogP contribution >= 0.6 is 0 Å². The summed E-state index contributed by atoms with van der Waals surface area (Å²) in [5.74, 6) is -0.841. The zero-order valence-electron chi connectivity index (χ0n) is 21.7. The molecule has 0 aliphatic carbocycles. The van der Waals surface area contributed by atoms with Crippen molar-refractivity contribution in [1.82, 2.24) is 20.0 Å². The van der Waals surface area contributed by atoms with Crippen LogP contribution in [0, 0.1) is 0 Å². The van der Waals surface area contributed by atoms with Crippen LogP contribution < -0.4 is 10.6 Å². The van der Waals surface area contributed by atoms with Crippen molar-refractivity contribution < 1.29 is 19.2 Å². The Labute approximate surface area is 223 Å². The molecule has 9 heteroatoms. The number of amides is 3. The van der Waals surface area contributed by atoms with Gasteiger partial charge >= 0.3 is 0 Å². The standard InChI is InChI=1S/C29H35N5O4/c35-17-2-1-12-32-13-15-33(16-14-32)19-22-8-6-21(7-9-22)18-30-25-5-3-4-23-24(25)20-34(29(23)38)26-10-11-27(36)31-28(26)37/h3-9,17,26,30H,1-2,10-16,18-20H2,(H,31,36,37). The van der Waals surface area contributed by atoms with Crippen LogP contribution in [0.3, 0.4) is 0 Å². The molecular weight excluding hydrogens is 482 g/mol. The third-order valence-electron chi connectivity index (χ3n) is 7.76. The van der Waals surface area contributed by atoms with Crippen LogP contribution in [-0.4, -0.2) is 77.5 Å². The maximum Gasteiger partial charge on any atom is 0.255 e. The normalized spacial score (nSPS) is 20.4. The molecule has 0 aromatic heterocycles. The van der Waals surface area contributed by atoms with Gasteiger partial charge in [0, 0.05) is 75.5 Å². The number of anilines is 1. The van der Waals surface area contributed by atoms with Crippen LogP contribution in [0.15, 0.2) is 42.5 Å². The van der Waals surface area contributed by atoms with Crippen molar-refractivity contribution in [2.45, 2.75) is 51.4 Å². The number of imide groups is 1. The van der Waals surface area contributed by atoms with Crippen molar-refractivity contribution in [2.24, 2.45) is 0 Å². The molecule has 5 rings (SSSR count). The second-order valence-electron chi connectivity index (χ2n) is 10.3. The van der Waals surface area contributed by atoms with Gasteiger partial charge in [0.2, 0.25) is 11.8 Å². The maximum atomic E-state index is 13.0. The molecule has 3 aliphatic rings. The summed E-state index contributed by atoms with van der Waals surface area (Å²) >= 11 is 0. The molecule has 2 aromatic rings. The van der Waals surface area contributed by atoms with Crippen LogP contribution in [0.5, 0.6) is 0 Å². The average Bonchev–Trinajstić information content (AvgIpc) is 3.26. The number of carbonyl (C=O) groups excluding carboxylic acids is 4. The fourth-order valence-corrected chi connectivity index (χ4v) is 5.54. The third-order valence-corrected chi connectivity index (χ3v) is 7.76. The molecule has 3 amide bonds. The molecular formula is C29H35N5O4. The Hall–Kier alpha value is -3.56. The lowest BCUT2D eigenvalue weighted by Crippen LogP contribution is -2.52. The van der Waals surface area contributed by atoms with Gasteiger partial charge < -0.3 is 19.9 Å². The van der Waals surface area contributed by atoms with E-state index in [1.54, 1.807) is 11.0 Å². The van der Waals surface area contributed by atoms with Crippen molar-refractivity contribution in [2.75, 3.05) is 38.0 Å². The number of carbonyl (C=O) groups is 4. The van der Waals surface area contributed by atoms with Crippen molar-refractivity contribution in [3.8, 4) is 0 Å². The van der Waals surface area contributed by atoms with Gasteiger partial charge in [-0.25, -0.2) is 0 Å². The Bertz CT molecular complexity index is 1190. The van der Waals surface area contributed by atoms with Crippen LogP contribution in [0.1, 0.15) is 52.7 Å². The number of hydrogen-bond acceptors (Lipinski definition) is 7. The third kappa shape index (κ3) is 5.95. The molecule has 2 saturated heterocycles. The first-order valence-electron chi connectivity index (χ1n) is 13.5. The molecule has 0 spiro atoms. The van der Waals surface area contributed by atoms with E-state index < -0.39 is 11.9 Å². The predicted octanol–water partition coefficient (Wildman–Crippen LogP) is 2.16. The van der Waals surface area contributed by atoms with Crippen LogP contribution in [0.2, 0.25) is 0 Å². The molecule has 0 radical (unpaired) electrons. The summed E-state index contributed by atoms with van der Waals surface area (Å²) in [6, 6.07) is 13.6. The van der Waals surface area contributed by atoms with Crippen LogP contribution in [0.25, 0.3) is 0 Å². The largest absolute Gasteiger partial charge is 0.381 e. The summed E-state index contributed by atoms with van der Waals surface area (Å²) in [4.78, 5) is 53.9. The highest BCUT2D eigenvalue weighted by molar-refractivity contribution is 6.06. The summed E-state index contributed by atoms with van der Waals surface area (Å²) in [5.41, 5.74) is 4.83. The summed E-state index contributed by atoms with van der Waals surface area (Å²) in [6.07, 6.45) is 3.19. The zero-order chi connectivity index (χ0) is 26.5. The molecule has 2 N–H and O–H groups in total. The minimum absolute atomic E-state index is 0.163. The fraction of sp³-hybridized carbons (Fsp3) is 0.448. The molecule has 2 aromatic carbocycles. The number of aldehydes is 1. The quantitative estimate of drug-likeness (QED) is 0.283. The Morgan fingerprint density at radius 2 is 1.68 bits per heavy atom. The number of piperazine rings is 1. The highest BCUT2D eigenvalue weighted by Gasteiger charge is 2.39. The smallest absolute Gasteiger partial charge is 0.255 e. The first-order valence-corrected chi connectivity index (χ1v) is 13.5. The SMILES string of the molecule is O=CCCCN1CCN(Cc2ccc(CNc3cccc4c3CN(C3CCC(=O)NC3=O)C4=O)cc2)CC1. The monoisotopic (exact) mass is 517 g/mol. The number of piperidine rings is 1. The molecule has 200 valence electrons. The summed E-state index contributed by atoms with van der Waals surface area (Å²) in [7, 11) is 0. The minimum Gasteiger partial charge on any atom is -0.381 e. The van der Waals surface area contributed by atoms with Gasteiger partial charge in [0.25, 0.3) is 5.91 Å². The lowest BCUT2D eigenvalue weighted by molar-refractivity contribution is -0.136. The van der Waals surface area contributed by atoms with Gasteiger partial charge in [-0.15, -0.1) is 0 Å². The van der Waals surface area contributed by atoms with Gasteiger partial charge in [-0.05, 0) is 42.6 Å². The van der Waals surface area contributed by atoms with E-state index in [2.05, 4.69) is 44.7 Å². The fourth-order valence-electron chi connectivity index (χ4n) is 5.54. The van der Waals surface area contributed by atoms with E-state index in [9.17, 15) is 19.2 Å². The van der Waals surface area contributed by atoms with Gasteiger partial charge in [-0.1, -0.05) is 30.3 Å². The Kier molecular flexibility index (Phi) is 8.14. The molecule has 2 fully saturated rings. The molecule has 0 saturated carbocycles. The highest BCUT2D eigenvalue weighted by Crippen LogP contribution is 2.32. The van der Waals surface area contributed by atoms with Crippen LogP contribution in [0.4, 0.5) is 5.69 Å². The predicted molar refractivity (Wildman–Crippen MR) is 143 cm³/mol. The lowest BCUT2D eigenvalue weighted by Gasteiger charge is -2.34. The topological polar surface area (TPSA) is 102 Å². The highest BCUT2D eigenvalue weighted by atomic mass is 16.2. The summed E-state index contributed by atoms with van der Waals surface area (Å²) in [5, 5.41) is 5.83. The van der Waals surface area contributed by atoms with Gasteiger partial charge in [-0.3, -0.25) is 24.6 Å². The van der Waals surface area contributed by atoms with E-state index in [1.165, 1.54) is 5.56 Å². The number of hydrogen-bond donors (Lipinski definition) is 2. The van der Waals surface area contributed by atoms with Gasteiger partial charge in [0.05, 0.1) is 0 Å². The first kappa shape index (κ1) is 26.1. The van der Waals surface area contributed by atoms with E-state index in [1.807, 2.05) is 12.1 Å². The minimum atomic E-state index is -0.613. The van der Waals surface area contributed by atoms with Crippen LogP contribution in [-0.2, 0) is 34.0 Å². The Morgan fingerprint density at radius 1 is 0.947 bits per heavy atom. The number of fused-ring (bicyclic) bond motifs is 1. The van der Waals surface area contributed by atoms with Gasteiger partial charge in [0.1, 0.15) is 12.3 Å². The number of rotatable bonds is 10. The molecule has 9 nitrogen and oxygen atoms in total. The molecule has 1 atom stereocenters. The maximum absolute atomic E-state index is 13.0. The van der Waals surface area contributed by atoms with E-state index in [0.717, 1.165) is 68.8 Å². The summed E-state index contributed by atoms with van der Waals surface area (Å²) in [6.45, 7) is 7.09. The van der Waals surface area contributed by atoms with Crippen molar-refractivity contribution in [1.29, 1.82) is 0 Å². The van der Waals surface area contributed by atoms with Crippen molar-refractivity contribution in [3.63, 3.8) is 0 Å². The second-order valence-corrected chi connectivity index (χ2v) is 10.3. The number of benzene rings is 2. The first-order chi connectivity index (χ1) is 18.5. The van der Waals surface area contributed by atoms with E-state index in [-0.39, 0.29) is 18.2 Å². The number of nitrogens with zero attached hydrogens (tertiary/aromatic N) is 3. The van der Waals surface area contributed by atoms with Crippen molar-refractivity contribution in [3.05, 3.63) is 64.7 Å². The Balaban J connectivity index is 1.13. The number of nitrogens with one attached hydrogen (secondary N) is 2. The molecule has 0 bridgehead atoms. The second kappa shape index (κ2) is 11.9. The van der Waals surface area contributed by atoms with Gasteiger partial charge in [-0.2, -0.15) is 0 Å². The number of unbranched alkanes of at least 4 members (excludes halogenated alkanes) is 1. The molecule has 1 unspecified atom stereocenters. The molecule has 3 heterocycles. The lowest BCUT2D eigenvalue weighted by atomic mass is 10.0. The van der Waals surface area contributed by atoms with Gasteiger partial charge in [0.15, 0.2) is 0 Å². The Morgan fingerprint density at radius 3 is 2.42 bits per heavy atom. The average molecular weight is 518 g/mol. The summed E-state index contributed by atoms with van der Waals surface area (Å²) < 4.78 is 0. The molecule has 3 aliphatic heterocycles. The zero-order valence-corrected chi connectivity index (χ0v) is 21.7. The van der Waals surface area contributed by atoms with Crippen molar-refractivity contribution >= 4 is 29.7 Å². The van der Waals surface area contributed by atoms with E-state index >= 15 is 0 Å².